The van der Waals surface area contributed by atoms with Crippen molar-refractivity contribution in [2.75, 3.05) is 4.72 Å². The SMILES string of the molecule is Cc1cc(S(=O)(=O)Nc2cnccc2C(=O)O)sc1Br. The number of nitrogens with one attached hydrogen (secondary N) is 1. The molecule has 0 aromatic carbocycles. The number of rotatable bonds is 4. The van der Waals surface area contributed by atoms with Gasteiger partial charge in [-0.1, -0.05) is 0 Å². The third-order valence-corrected chi connectivity index (χ3v) is 6.37. The number of carboxylic acids is 1. The molecule has 0 spiro atoms. The Morgan fingerprint density at radius 1 is 1.50 bits per heavy atom. The molecule has 0 bridgehead atoms. The molecule has 0 unspecified atom stereocenters. The molecule has 2 N–H and O–H groups in total. The number of anilines is 1. The van der Waals surface area contributed by atoms with Crippen LogP contribution in [0.1, 0.15) is 15.9 Å². The average Bonchev–Trinajstić information content (AvgIpc) is 2.70. The summed E-state index contributed by atoms with van der Waals surface area (Å²) >= 11 is 4.30. The smallest absolute Gasteiger partial charge is 0.337 e. The monoisotopic (exact) mass is 376 g/mol. The second kappa shape index (κ2) is 5.51. The molecule has 0 radical (unpaired) electrons. The van der Waals surface area contributed by atoms with Gasteiger partial charge < -0.3 is 5.11 Å². The minimum absolute atomic E-state index is 0.0674. The van der Waals surface area contributed by atoms with Crippen LogP contribution in [-0.2, 0) is 10.0 Å². The van der Waals surface area contributed by atoms with Crippen LogP contribution in [0.5, 0.6) is 0 Å². The number of halogens is 1. The second-order valence-corrected chi connectivity index (χ2v) is 8.13. The fourth-order valence-electron chi connectivity index (χ4n) is 1.42. The van der Waals surface area contributed by atoms with Crippen LogP contribution in [0, 0.1) is 6.92 Å². The summed E-state index contributed by atoms with van der Waals surface area (Å²) in [6.45, 7) is 1.77. The quantitative estimate of drug-likeness (QED) is 0.854. The van der Waals surface area contributed by atoms with Gasteiger partial charge in [-0.2, -0.15) is 0 Å². The fraction of sp³-hybridized carbons (Fsp3) is 0.0909. The number of aryl methyl sites for hydroxylation is 1. The molecule has 20 heavy (non-hydrogen) atoms. The maximum absolute atomic E-state index is 12.2. The first-order valence-corrected chi connectivity index (χ1v) is 8.36. The highest BCUT2D eigenvalue weighted by Crippen LogP contribution is 2.31. The first kappa shape index (κ1) is 14.9. The highest BCUT2D eigenvalue weighted by Gasteiger charge is 2.21. The molecule has 2 heterocycles. The number of thiophene rings is 1. The molecule has 9 heteroatoms. The van der Waals surface area contributed by atoms with Crippen LogP contribution in [0.3, 0.4) is 0 Å². The second-order valence-electron chi connectivity index (χ2n) is 3.85. The van der Waals surface area contributed by atoms with Gasteiger partial charge in [0.25, 0.3) is 10.0 Å². The van der Waals surface area contributed by atoms with E-state index in [1.165, 1.54) is 18.3 Å². The molecule has 6 nitrogen and oxygen atoms in total. The van der Waals surface area contributed by atoms with Crippen LogP contribution in [0.15, 0.2) is 32.5 Å². The van der Waals surface area contributed by atoms with Gasteiger partial charge in [0.2, 0.25) is 0 Å². The molecular formula is C11H9BrN2O4S2. The third-order valence-electron chi connectivity index (χ3n) is 2.40. The highest BCUT2D eigenvalue weighted by molar-refractivity contribution is 9.11. The molecule has 0 aliphatic heterocycles. The van der Waals surface area contributed by atoms with Crippen molar-refractivity contribution in [2.45, 2.75) is 11.1 Å². The molecule has 0 aliphatic rings. The first-order chi connectivity index (χ1) is 9.31. The molecule has 2 aromatic heterocycles. The summed E-state index contributed by atoms with van der Waals surface area (Å²) in [5.74, 6) is -1.23. The molecule has 2 aromatic rings. The van der Waals surface area contributed by atoms with Crippen molar-refractivity contribution >= 4 is 48.9 Å². The zero-order chi connectivity index (χ0) is 14.9. The molecule has 2 rings (SSSR count). The molecular weight excluding hydrogens is 368 g/mol. The lowest BCUT2D eigenvalue weighted by molar-refractivity contribution is 0.0698. The molecule has 0 atom stereocenters. The predicted molar refractivity (Wildman–Crippen MR) is 78.8 cm³/mol. The van der Waals surface area contributed by atoms with E-state index in [9.17, 15) is 13.2 Å². The summed E-state index contributed by atoms with van der Waals surface area (Å²) in [4.78, 5) is 14.8. The van der Waals surface area contributed by atoms with Gasteiger partial charge in [0.15, 0.2) is 0 Å². The van der Waals surface area contributed by atoms with Crippen LogP contribution in [-0.4, -0.2) is 24.5 Å². The summed E-state index contributed by atoms with van der Waals surface area (Å²) in [6.07, 6.45) is 2.45. The van der Waals surface area contributed by atoms with Crippen molar-refractivity contribution in [2.24, 2.45) is 0 Å². The molecule has 0 saturated carbocycles. The Labute approximate surface area is 127 Å². The molecule has 0 fully saturated rings. The van der Waals surface area contributed by atoms with E-state index < -0.39 is 16.0 Å². The maximum Gasteiger partial charge on any atom is 0.337 e. The van der Waals surface area contributed by atoms with Crippen LogP contribution in [0.4, 0.5) is 5.69 Å². The van der Waals surface area contributed by atoms with E-state index in [0.29, 0.717) is 3.79 Å². The summed E-state index contributed by atoms with van der Waals surface area (Å²) < 4.78 is 27.5. The zero-order valence-corrected chi connectivity index (χ0v) is 13.3. The number of carbonyl (C=O) groups is 1. The van der Waals surface area contributed by atoms with E-state index in [0.717, 1.165) is 23.1 Å². The van der Waals surface area contributed by atoms with Gasteiger partial charge in [-0.15, -0.1) is 11.3 Å². The Bertz CT molecular complexity index is 751. The summed E-state index contributed by atoms with van der Waals surface area (Å²) in [5, 5.41) is 9.01. The normalized spacial score (nSPS) is 11.3. The average molecular weight is 377 g/mol. The maximum atomic E-state index is 12.2. The Kier molecular flexibility index (Phi) is 4.11. The predicted octanol–water partition coefficient (Wildman–Crippen LogP) is 2.71. The largest absolute Gasteiger partial charge is 0.478 e. The third kappa shape index (κ3) is 3.00. The van der Waals surface area contributed by atoms with Crippen molar-refractivity contribution < 1.29 is 18.3 Å². The van der Waals surface area contributed by atoms with E-state index >= 15 is 0 Å². The van der Waals surface area contributed by atoms with E-state index in [4.69, 9.17) is 5.11 Å². The van der Waals surface area contributed by atoms with Gasteiger partial charge in [-0.05, 0) is 40.5 Å². The van der Waals surface area contributed by atoms with E-state index in [-0.39, 0.29) is 15.5 Å². The summed E-state index contributed by atoms with van der Waals surface area (Å²) in [7, 11) is -3.84. The Morgan fingerprint density at radius 2 is 2.20 bits per heavy atom. The Hall–Kier alpha value is -1.45. The minimum Gasteiger partial charge on any atom is -0.478 e. The fourth-order valence-corrected chi connectivity index (χ4v) is 4.71. The van der Waals surface area contributed by atoms with Crippen molar-refractivity contribution in [3.8, 4) is 0 Å². The number of aromatic nitrogens is 1. The van der Waals surface area contributed by atoms with Crippen molar-refractivity contribution in [1.29, 1.82) is 0 Å². The van der Waals surface area contributed by atoms with Crippen LogP contribution in [0.2, 0.25) is 0 Å². The highest BCUT2D eigenvalue weighted by atomic mass is 79.9. The van der Waals surface area contributed by atoms with Gasteiger partial charge in [0, 0.05) is 6.20 Å². The topological polar surface area (TPSA) is 96.4 Å². The number of aromatic carboxylic acids is 1. The van der Waals surface area contributed by atoms with Crippen molar-refractivity contribution in [1.82, 2.24) is 4.98 Å². The van der Waals surface area contributed by atoms with Crippen molar-refractivity contribution in [3.05, 3.63) is 39.4 Å². The van der Waals surface area contributed by atoms with Gasteiger partial charge >= 0.3 is 5.97 Å². The zero-order valence-electron chi connectivity index (χ0n) is 10.1. The first-order valence-electron chi connectivity index (χ1n) is 5.27. The summed E-state index contributed by atoms with van der Waals surface area (Å²) in [5.41, 5.74) is 0.568. The van der Waals surface area contributed by atoms with Crippen LogP contribution >= 0.6 is 27.3 Å². The van der Waals surface area contributed by atoms with E-state index in [1.807, 2.05) is 0 Å². The number of carboxylic acid groups (broad SMARTS) is 1. The minimum atomic E-state index is -3.84. The molecule has 0 saturated heterocycles. The molecule has 106 valence electrons. The van der Waals surface area contributed by atoms with Gasteiger partial charge in [0.05, 0.1) is 21.2 Å². The standard InChI is InChI=1S/C11H9BrN2O4S2/c1-6-4-9(19-10(6)12)20(17,18)14-8-5-13-3-2-7(8)11(15)16/h2-5,14H,1H3,(H,15,16). The number of hydrogen-bond acceptors (Lipinski definition) is 5. The van der Waals surface area contributed by atoms with Gasteiger partial charge in [0.1, 0.15) is 4.21 Å². The van der Waals surface area contributed by atoms with Gasteiger partial charge in [-0.3, -0.25) is 9.71 Å². The Morgan fingerprint density at radius 3 is 2.75 bits per heavy atom. The molecule has 0 aliphatic carbocycles. The van der Waals surface area contributed by atoms with E-state index in [1.54, 1.807) is 6.92 Å². The lowest BCUT2D eigenvalue weighted by Crippen LogP contribution is -2.14. The number of pyridine rings is 1. The van der Waals surface area contributed by atoms with Crippen LogP contribution < -0.4 is 4.72 Å². The number of sulfonamides is 1. The van der Waals surface area contributed by atoms with Crippen LogP contribution in [0.25, 0.3) is 0 Å². The van der Waals surface area contributed by atoms with E-state index in [2.05, 4.69) is 25.6 Å². The van der Waals surface area contributed by atoms with Gasteiger partial charge in [-0.25, -0.2) is 13.2 Å². The lowest BCUT2D eigenvalue weighted by Gasteiger charge is -2.08. The Balaban J connectivity index is 2.41. The van der Waals surface area contributed by atoms with Crippen molar-refractivity contribution in [3.63, 3.8) is 0 Å². The lowest BCUT2D eigenvalue weighted by atomic mass is 10.2. The number of hydrogen-bond donors (Lipinski definition) is 2. The molecule has 0 amide bonds. The number of nitrogens with zero attached hydrogens (tertiary/aromatic N) is 1. The summed E-state index contributed by atoms with van der Waals surface area (Å²) in [6, 6.07) is 2.74.